The van der Waals surface area contributed by atoms with Gasteiger partial charge in [0, 0.05) is 0 Å². The van der Waals surface area contributed by atoms with Gasteiger partial charge >= 0.3 is 11.9 Å². The standard InChI is InChI=1S/C44H78O4/c1-5-9-13-17-21-25-29-33-37-43(41(45)46,38-34-30-26-22-18-14-10-6-2)44(42(47)48,39-35-31-27-23-19-15-11-7-3)40-36-32-28-24-20-16-12-8-4/h33-40H,5-32H2,1-4H3,(H,45,46)(H,47,48). The Bertz CT molecular complexity index is 756. The molecular weight excluding hydrogens is 592 g/mol. The van der Waals surface area contributed by atoms with Crippen LogP contribution in [-0.4, -0.2) is 22.2 Å². The summed E-state index contributed by atoms with van der Waals surface area (Å²) in [4.78, 5) is 27.0. The average molecular weight is 671 g/mol. The Morgan fingerprint density at radius 2 is 0.542 bits per heavy atom. The van der Waals surface area contributed by atoms with Crippen molar-refractivity contribution in [3.63, 3.8) is 0 Å². The molecule has 0 radical (unpaired) electrons. The molecule has 0 aliphatic heterocycles. The SMILES string of the molecule is CCCCCCCCC=CC(C=CCCCCCCCC)(C(=O)O)C(C=CCCCCCCCC)(C=CCCCCCCCC)C(=O)O. The number of allylic oxidation sites excluding steroid dienone is 4. The quantitative estimate of drug-likeness (QED) is 0.0520. The molecule has 0 aliphatic carbocycles. The molecule has 0 amide bonds. The number of aliphatic carboxylic acids is 2. The van der Waals surface area contributed by atoms with Gasteiger partial charge in [0.15, 0.2) is 0 Å². The molecule has 0 unspecified atom stereocenters. The summed E-state index contributed by atoms with van der Waals surface area (Å²) in [6.07, 6.45) is 45.6. The lowest BCUT2D eigenvalue weighted by Crippen LogP contribution is -2.48. The first-order valence-corrected chi connectivity index (χ1v) is 20.6. The van der Waals surface area contributed by atoms with Crippen molar-refractivity contribution in [3.8, 4) is 0 Å². The normalized spacial score (nSPS) is 14.8. The van der Waals surface area contributed by atoms with Crippen molar-refractivity contribution >= 4 is 11.9 Å². The van der Waals surface area contributed by atoms with E-state index in [4.69, 9.17) is 0 Å². The Kier molecular flexibility index (Phi) is 30.7. The highest BCUT2D eigenvalue weighted by Crippen LogP contribution is 2.47. The Balaban J connectivity index is 6.38. The van der Waals surface area contributed by atoms with E-state index in [0.29, 0.717) is 0 Å². The van der Waals surface area contributed by atoms with Crippen molar-refractivity contribution in [1.29, 1.82) is 0 Å². The Morgan fingerprint density at radius 1 is 0.354 bits per heavy atom. The van der Waals surface area contributed by atoms with Crippen molar-refractivity contribution in [2.24, 2.45) is 10.8 Å². The van der Waals surface area contributed by atoms with E-state index in [1.807, 2.05) is 24.3 Å². The highest BCUT2D eigenvalue weighted by Gasteiger charge is 2.56. The lowest BCUT2D eigenvalue weighted by atomic mass is 9.61. The lowest BCUT2D eigenvalue weighted by Gasteiger charge is -2.38. The monoisotopic (exact) mass is 671 g/mol. The van der Waals surface area contributed by atoms with Gasteiger partial charge in [-0.25, -0.2) is 0 Å². The second kappa shape index (κ2) is 32.1. The third-order valence-corrected chi connectivity index (χ3v) is 9.81. The molecule has 0 aromatic rings. The van der Waals surface area contributed by atoms with Crippen LogP contribution in [0.25, 0.3) is 0 Å². The van der Waals surface area contributed by atoms with Gasteiger partial charge in [0.25, 0.3) is 0 Å². The van der Waals surface area contributed by atoms with Crippen LogP contribution in [0.1, 0.15) is 207 Å². The summed E-state index contributed by atoms with van der Waals surface area (Å²) in [6, 6.07) is 0. The molecule has 0 heterocycles. The number of hydrogen-bond donors (Lipinski definition) is 2. The Labute approximate surface area is 298 Å². The maximum Gasteiger partial charge on any atom is 0.319 e. The molecule has 0 rings (SSSR count). The van der Waals surface area contributed by atoms with Gasteiger partial charge in [-0.1, -0.05) is 205 Å². The zero-order chi connectivity index (χ0) is 35.6. The molecule has 0 saturated carbocycles. The van der Waals surface area contributed by atoms with E-state index in [1.54, 1.807) is 24.3 Å². The van der Waals surface area contributed by atoms with Gasteiger partial charge in [-0.15, -0.1) is 0 Å². The van der Waals surface area contributed by atoms with Crippen LogP contribution >= 0.6 is 0 Å². The van der Waals surface area contributed by atoms with E-state index >= 15 is 0 Å². The second-order valence-corrected chi connectivity index (χ2v) is 14.2. The molecule has 0 aromatic carbocycles. The van der Waals surface area contributed by atoms with E-state index in [1.165, 1.54) is 103 Å². The van der Waals surface area contributed by atoms with Crippen molar-refractivity contribution in [2.45, 2.75) is 207 Å². The first kappa shape index (κ1) is 45.9. The van der Waals surface area contributed by atoms with Gasteiger partial charge in [-0.2, -0.15) is 0 Å². The third kappa shape index (κ3) is 20.4. The van der Waals surface area contributed by atoms with Gasteiger partial charge in [0.05, 0.1) is 0 Å². The molecule has 4 heteroatoms. The van der Waals surface area contributed by atoms with Crippen molar-refractivity contribution < 1.29 is 19.8 Å². The number of unbranched alkanes of at least 4 members (excludes halogenated alkanes) is 24. The summed E-state index contributed by atoms with van der Waals surface area (Å²) in [6.45, 7) is 8.86. The maximum atomic E-state index is 13.5. The number of carbonyl (C=O) groups is 2. The average Bonchev–Trinajstić information content (AvgIpc) is 3.07. The van der Waals surface area contributed by atoms with E-state index in [9.17, 15) is 19.8 Å². The molecule has 0 fully saturated rings. The van der Waals surface area contributed by atoms with Crippen LogP contribution in [-0.2, 0) is 9.59 Å². The smallest absolute Gasteiger partial charge is 0.319 e. The predicted octanol–water partition coefficient (Wildman–Crippen LogP) is 14.4. The Morgan fingerprint density at radius 3 is 0.729 bits per heavy atom. The van der Waals surface area contributed by atoms with E-state index in [2.05, 4.69) is 27.7 Å². The van der Waals surface area contributed by atoms with E-state index in [-0.39, 0.29) is 0 Å². The molecule has 2 N–H and O–H groups in total. The van der Waals surface area contributed by atoms with Crippen molar-refractivity contribution in [1.82, 2.24) is 0 Å². The summed E-state index contributed by atoms with van der Waals surface area (Å²) in [7, 11) is 0. The molecule has 0 bridgehead atoms. The van der Waals surface area contributed by atoms with Gasteiger partial charge in [0.1, 0.15) is 10.8 Å². The summed E-state index contributed by atoms with van der Waals surface area (Å²) in [5.74, 6) is -2.20. The zero-order valence-electron chi connectivity index (χ0n) is 32.1. The minimum atomic E-state index is -1.71. The number of hydrogen-bond acceptors (Lipinski definition) is 2. The highest BCUT2D eigenvalue weighted by molar-refractivity contribution is 5.93. The molecular formula is C44H78O4. The molecule has 0 spiro atoms. The molecule has 4 nitrogen and oxygen atoms in total. The first-order valence-electron chi connectivity index (χ1n) is 20.6. The van der Waals surface area contributed by atoms with Gasteiger partial charge in [0.2, 0.25) is 0 Å². The molecule has 0 aliphatic rings. The van der Waals surface area contributed by atoms with Gasteiger partial charge in [-0.3, -0.25) is 9.59 Å². The molecule has 0 saturated heterocycles. The third-order valence-electron chi connectivity index (χ3n) is 9.81. The van der Waals surface area contributed by atoms with E-state index < -0.39 is 22.8 Å². The van der Waals surface area contributed by atoms with E-state index in [0.717, 1.165) is 77.0 Å². The molecule has 278 valence electrons. The minimum absolute atomic E-state index is 0.755. The Hall–Kier alpha value is -2.10. The van der Waals surface area contributed by atoms with Crippen molar-refractivity contribution in [2.75, 3.05) is 0 Å². The van der Waals surface area contributed by atoms with Crippen LogP contribution in [0.2, 0.25) is 0 Å². The maximum absolute atomic E-state index is 13.5. The fraction of sp³-hybridized carbons (Fsp3) is 0.773. The molecule has 0 aromatic heterocycles. The number of carboxylic acids is 2. The van der Waals surface area contributed by atoms with Crippen LogP contribution in [0.15, 0.2) is 48.6 Å². The topological polar surface area (TPSA) is 74.6 Å². The summed E-state index contributed by atoms with van der Waals surface area (Å²) < 4.78 is 0. The zero-order valence-corrected chi connectivity index (χ0v) is 32.1. The second-order valence-electron chi connectivity index (χ2n) is 14.2. The summed E-state index contributed by atoms with van der Waals surface area (Å²) in [5, 5.41) is 22.0. The fourth-order valence-electron chi connectivity index (χ4n) is 6.55. The number of rotatable bonds is 35. The minimum Gasteiger partial charge on any atom is -0.480 e. The van der Waals surface area contributed by atoms with Crippen molar-refractivity contribution in [3.05, 3.63) is 48.6 Å². The van der Waals surface area contributed by atoms with Gasteiger partial charge < -0.3 is 10.2 Å². The van der Waals surface area contributed by atoms with Crippen LogP contribution in [0.4, 0.5) is 0 Å². The predicted molar refractivity (Wildman–Crippen MR) is 209 cm³/mol. The van der Waals surface area contributed by atoms with Crippen LogP contribution in [0.5, 0.6) is 0 Å². The summed E-state index contributed by atoms with van der Waals surface area (Å²) >= 11 is 0. The molecule has 48 heavy (non-hydrogen) atoms. The number of carboxylic acid groups (broad SMARTS) is 2. The highest BCUT2D eigenvalue weighted by atomic mass is 16.4. The van der Waals surface area contributed by atoms with Crippen LogP contribution in [0.3, 0.4) is 0 Å². The lowest BCUT2D eigenvalue weighted by molar-refractivity contribution is -0.158. The van der Waals surface area contributed by atoms with Crippen LogP contribution in [0, 0.1) is 10.8 Å². The van der Waals surface area contributed by atoms with Gasteiger partial charge in [-0.05, 0) is 51.4 Å². The largest absolute Gasteiger partial charge is 0.480 e. The fourth-order valence-corrected chi connectivity index (χ4v) is 6.55. The summed E-state index contributed by atoms with van der Waals surface area (Å²) in [5.41, 5.74) is -3.42. The van der Waals surface area contributed by atoms with Crippen LogP contribution < -0.4 is 0 Å². The first-order chi connectivity index (χ1) is 23.4. The molecule has 0 atom stereocenters.